The highest BCUT2D eigenvalue weighted by molar-refractivity contribution is 5.12. The Morgan fingerprint density at radius 1 is 1.29 bits per heavy atom. The first-order valence-corrected chi connectivity index (χ1v) is 6.01. The second-order valence-electron chi connectivity index (χ2n) is 4.28. The fourth-order valence-electron chi connectivity index (χ4n) is 1.56. The van der Waals surface area contributed by atoms with Crippen molar-refractivity contribution < 1.29 is 0 Å². The summed E-state index contributed by atoms with van der Waals surface area (Å²) in [6.45, 7) is 9.02. The highest BCUT2D eigenvalue weighted by atomic mass is 14.9. The summed E-state index contributed by atoms with van der Waals surface area (Å²) in [5.74, 6) is 0. The van der Waals surface area contributed by atoms with Gasteiger partial charge in [0.2, 0.25) is 0 Å². The molecule has 1 unspecified atom stereocenters. The van der Waals surface area contributed by atoms with Crippen molar-refractivity contribution in [3.63, 3.8) is 0 Å². The third kappa shape index (κ3) is 4.80. The maximum Gasteiger partial charge on any atom is 0.0333 e. The molecule has 0 fully saturated rings. The van der Waals surface area contributed by atoms with Crippen molar-refractivity contribution in [3.8, 4) is 0 Å². The van der Waals surface area contributed by atoms with Crippen LogP contribution < -0.4 is 5.32 Å². The van der Waals surface area contributed by atoms with E-state index in [0.29, 0.717) is 0 Å². The summed E-state index contributed by atoms with van der Waals surface area (Å²) >= 11 is 0. The van der Waals surface area contributed by atoms with E-state index in [9.17, 15) is 0 Å². The van der Waals surface area contributed by atoms with Crippen molar-refractivity contribution >= 4 is 0 Å². The molecular formula is C13H27N. The van der Waals surface area contributed by atoms with E-state index in [-0.39, 0.29) is 5.54 Å². The van der Waals surface area contributed by atoms with Crippen LogP contribution in [0.15, 0.2) is 11.6 Å². The average Bonchev–Trinajstić information content (AvgIpc) is 2.23. The van der Waals surface area contributed by atoms with E-state index in [2.05, 4.69) is 39.1 Å². The summed E-state index contributed by atoms with van der Waals surface area (Å²) < 4.78 is 0. The van der Waals surface area contributed by atoms with Gasteiger partial charge in [0.15, 0.2) is 0 Å². The van der Waals surface area contributed by atoms with Crippen molar-refractivity contribution in [1.82, 2.24) is 5.32 Å². The number of unbranched alkanes of at least 4 members (excludes halogenated alkanes) is 1. The smallest absolute Gasteiger partial charge is 0.0333 e. The van der Waals surface area contributed by atoms with Gasteiger partial charge in [0.1, 0.15) is 0 Å². The Morgan fingerprint density at radius 3 is 2.29 bits per heavy atom. The monoisotopic (exact) mass is 197 g/mol. The Bertz CT molecular complexity index is 166. The minimum absolute atomic E-state index is 0.194. The lowest BCUT2D eigenvalue weighted by Crippen LogP contribution is -2.37. The third-order valence-electron chi connectivity index (χ3n) is 3.13. The fourth-order valence-corrected chi connectivity index (χ4v) is 1.56. The summed E-state index contributed by atoms with van der Waals surface area (Å²) in [7, 11) is 2.05. The number of likely N-dealkylation sites (N-methyl/N-ethyl adjacent to an activating group) is 1. The van der Waals surface area contributed by atoms with Gasteiger partial charge in [0.25, 0.3) is 0 Å². The molecule has 0 aliphatic rings. The molecule has 0 spiro atoms. The van der Waals surface area contributed by atoms with E-state index in [1.54, 1.807) is 5.57 Å². The zero-order valence-electron chi connectivity index (χ0n) is 10.6. The summed E-state index contributed by atoms with van der Waals surface area (Å²) in [4.78, 5) is 0. The number of allylic oxidation sites excluding steroid dienone is 1. The average molecular weight is 197 g/mol. The van der Waals surface area contributed by atoms with Gasteiger partial charge in [-0.3, -0.25) is 0 Å². The van der Waals surface area contributed by atoms with Gasteiger partial charge in [-0.25, -0.2) is 0 Å². The Labute approximate surface area is 90.0 Å². The SMILES string of the molecule is CCCC/C(=C\C(C)(CC)NC)CC. The first-order valence-electron chi connectivity index (χ1n) is 6.01. The van der Waals surface area contributed by atoms with E-state index in [1.165, 1.54) is 25.7 Å². The molecule has 0 aromatic heterocycles. The minimum atomic E-state index is 0.194. The molecular weight excluding hydrogens is 170 g/mol. The lowest BCUT2D eigenvalue weighted by Gasteiger charge is -2.25. The van der Waals surface area contributed by atoms with Crippen LogP contribution in [0.25, 0.3) is 0 Å². The molecule has 0 aromatic carbocycles. The van der Waals surface area contributed by atoms with Crippen molar-refractivity contribution in [2.45, 2.75) is 65.3 Å². The van der Waals surface area contributed by atoms with Crippen LogP contribution in [0.3, 0.4) is 0 Å². The molecule has 1 heteroatoms. The standard InChI is InChI=1S/C13H27N/c1-6-9-10-12(7-2)11-13(4,8-3)14-5/h11,14H,6-10H2,1-5H3/b12-11-. The van der Waals surface area contributed by atoms with E-state index in [1.807, 2.05) is 7.05 Å². The Kier molecular flexibility index (Phi) is 6.90. The van der Waals surface area contributed by atoms with Crippen molar-refractivity contribution in [2.75, 3.05) is 7.05 Å². The maximum absolute atomic E-state index is 3.39. The second-order valence-corrected chi connectivity index (χ2v) is 4.28. The lowest BCUT2D eigenvalue weighted by atomic mass is 9.93. The zero-order valence-corrected chi connectivity index (χ0v) is 10.6. The first-order chi connectivity index (χ1) is 6.61. The molecule has 1 atom stereocenters. The zero-order chi connectivity index (χ0) is 11.0. The molecule has 0 bridgehead atoms. The van der Waals surface area contributed by atoms with Gasteiger partial charge in [-0.1, -0.05) is 38.8 Å². The summed E-state index contributed by atoms with van der Waals surface area (Å²) in [6.07, 6.45) is 8.66. The molecule has 1 N–H and O–H groups in total. The largest absolute Gasteiger partial charge is 0.311 e. The van der Waals surface area contributed by atoms with Gasteiger partial charge in [-0.2, -0.15) is 0 Å². The summed E-state index contributed by atoms with van der Waals surface area (Å²) in [5.41, 5.74) is 1.80. The van der Waals surface area contributed by atoms with E-state index in [4.69, 9.17) is 0 Å². The highest BCUT2D eigenvalue weighted by Crippen LogP contribution is 2.18. The van der Waals surface area contributed by atoms with Crippen LogP contribution in [0.4, 0.5) is 0 Å². The van der Waals surface area contributed by atoms with Crippen LogP contribution in [0.5, 0.6) is 0 Å². The Morgan fingerprint density at radius 2 is 1.93 bits per heavy atom. The lowest BCUT2D eigenvalue weighted by molar-refractivity contribution is 0.458. The molecule has 0 saturated heterocycles. The van der Waals surface area contributed by atoms with Gasteiger partial charge in [0, 0.05) is 5.54 Å². The molecule has 0 radical (unpaired) electrons. The number of hydrogen-bond donors (Lipinski definition) is 1. The van der Waals surface area contributed by atoms with Gasteiger partial charge < -0.3 is 5.32 Å². The number of nitrogens with one attached hydrogen (secondary N) is 1. The van der Waals surface area contributed by atoms with E-state index >= 15 is 0 Å². The van der Waals surface area contributed by atoms with Crippen LogP contribution in [0, 0.1) is 0 Å². The fraction of sp³-hybridized carbons (Fsp3) is 0.846. The topological polar surface area (TPSA) is 12.0 Å². The van der Waals surface area contributed by atoms with Gasteiger partial charge in [-0.15, -0.1) is 0 Å². The van der Waals surface area contributed by atoms with Gasteiger partial charge >= 0.3 is 0 Å². The predicted molar refractivity (Wildman–Crippen MR) is 65.7 cm³/mol. The van der Waals surface area contributed by atoms with Gasteiger partial charge in [0.05, 0.1) is 0 Å². The molecule has 0 saturated carbocycles. The number of rotatable bonds is 7. The molecule has 0 heterocycles. The highest BCUT2D eigenvalue weighted by Gasteiger charge is 2.16. The van der Waals surface area contributed by atoms with Crippen molar-refractivity contribution in [3.05, 3.63) is 11.6 Å². The maximum atomic E-state index is 3.39. The molecule has 0 aliphatic carbocycles. The third-order valence-corrected chi connectivity index (χ3v) is 3.13. The minimum Gasteiger partial charge on any atom is -0.311 e. The Hall–Kier alpha value is -0.300. The predicted octanol–water partition coefficient (Wildman–Crippen LogP) is 3.90. The molecule has 84 valence electrons. The molecule has 1 nitrogen and oxygen atoms in total. The quantitative estimate of drug-likeness (QED) is 0.610. The molecule has 0 amide bonds. The van der Waals surface area contributed by atoms with Crippen molar-refractivity contribution in [2.24, 2.45) is 0 Å². The normalized spacial score (nSPS) is 16.8. The van der Waals surface area contributed by atoms with Crippen LogP contribution in [-0.4, -0.2) is 12.6 Å². The van der Waals surface area contributed by atoms with Crippen LogP contribution in [0.1, 0.15) is 59.8 Å². The molecule has 0 rings (SSSR count). The van der Waals surface area contributed by atoms with Crippen LogP contribution in [0.2, 0.25) is 0 Å². The first kappa shape index (κ1) is 13.7. The van der Waals surface area contributed by atoms with E-state index in [0.717, 1.165) is 6.42 Å². The van der Waals surface area contributed by atoms with E-state index < -0.39 is 0 Å². The second kappa shape index (κ2) is 7.05. The van der Waals surface area contributed by atoms with Crippen LogP contribution in [-0.2, 0) is 0 Å². The summed E-state index contributed by atoms with van der Waals surface area (Å²) in [5, 5.41) is 3.39. The number of hydrogen-bond acceptors (Lipinski definition) is 1. The molecule has 0 aromatic rings. The summed E-state index contributed by atoms with van der Waals surface area (Å²) in [6, 6.07) is 0. The van der Waals surface area contributed by atoms with Crippen LogP contribution >= 0.6 is 0 Å². The van der Waals surface area contributed by atoms with Crippen molar-refractivity contribution in [1.29, 1.82) is 0 Å². The molecule has 0 aliphatic heterocycles. The van der Waals surface area contributed by atoms with Gasteiger partial charge in [-0.05, 0) is 39.7 Å². The molecule has 14 heavy (non-hydrogen) atoms. The Balaban J connectivity index is 4.38.